The second-order valence-electron chi connectivity index (χ2n) is 10.1. The largest absolute Gasteiger partial charge is 0.352 e. The molecule has 0 aliphatic carbocycles. The molecule has 214 valence electrons. The minimum absolute atomic E-state index is 0.0701. The van der Waals surface area contributed by atoms with Crippen molar-refractivity contribution in [3.8, 4) is 0 Å². The summed E-state index contributed by atoms with van der Waals surface area (Å²) in [5.74, 6) is -0.761. The molecule has 0 saturated heterocycles. The highest BCUT2D eigenvalue weighted by Crippen LogP contribution is 2.27. The molecule has 0 heterocycles. The van der Waals surface area contributed by atoms with E-state index in [1.807, 2.05) is 40.7 Å². The predicted molar refractivity (Wildman–Crippen MR) is 161 cm³/mol. The lowest BCUT2D eigenvalue weighted by atomic mass is 10.1. The van der Waals surface area contributed by atoms with Crippen LogP contribution in [0.2, 0.25) is 5.02 Å². The summed E-state index contributed by atoms with van der Waals surface area (Å²) in [7, 11) is -4.10. The zero-order valence-corrected chi connectivity index (χ0v) is 25.3. The number of carbonyl (C=O) groups excluding carboxylic acids is 2. The number of benzene rings is 3. The van der Waals surface area contributed by atoms with Gasteiger partial charge >= 0.3 is 0 Å². The average Bonchev–Trinajstić information content (AvgIpc) is 2.92. The summed E-state index contributed by atoms with van der Waals surface area (Å²) in [5, 5.41) is 3.53. The Labute approximate surface area is 243 Å². The highest BCUT2D eigenvalue weighted by Gasteiger charge is 2.34. The second kappa shape index (κ2) is 13.8. The van der Waals surface area contributed by atoms with Crippen molar-refractivity contribution in [1.82, 2.24) is 10.2 Å². The van der Waals surface area contributed by atoms with E-state index in [2.05, 4.69) is 5.32 Å². The maximum atomic E-state index is 14.1. The van der Waals surface area contributed by atoms with Gasteiger partial charge in [-0.05, 0) is 86.7 Å². The van der Waals surface area contributed by atoms with E-state index >= 15 is 0 Å². The highest BCUT2D eigenvalue weighted by molar-refractivity contribution is 7.92. The number of sulfonamides is 1. The van der Waals surface area contributed by atoms with Crippen LogP contribution in [-0.2, 0) is 26.2 Å². The van der Waals surface area contributed by atoms with Crippen molar-refractivity contribution >= 4 is 39.1 Å². The van der Waals surface area contributed by atoms with Crippen LogP contribution in [0.1, 0.15) is 50.3 Å². The molecule has 9 heteroatoms. The van der Waals surface area contributed by atoms with Gasteiger partial charge in [0, 0.05) is 17.6 Å². The lowest BCUT2D eigenvalue weighted by Gasteiger charge is -2.34. The van der Waals surface area contributed by atoms with Gasteiger partial charge in [0.2, 0.25) is 11.8 Å². The number of halogens is 1. The summed E-state index contributed by atoms with van der Waals surface area (Å²) in [6.45, 7) is 9.12. The van der Waals surface area contributed by atoms with Gasteiger partial charge in [-0.15, -0.1) is 0 Å². The van der Waals surface area contributed by atoms with Crippen molar-refractivity contribution in [1.29, 1.82) is 0 Å². The van der Waals surface area contributed by atoms with Gasteiger partial charge in [-0.3, -0.25) is 13.9 Å². The van der Waals surface area contributed by atoms with E-state index < -0.39 is 28.5 Å². The van der Waals surface area contributed by atoms with E-state index in [1.54, 1.807) is 54.6 Å². The topological polar surface area (TPSA) is 86.8 Å². The lowest BCUT2D eigenvalue weighted by Crippen LogP contribution is -2.53. The molecule has 0 radical (unpaired) electrons. The maximum absolute atomic E-state index is 14.1. The van der Waals surface area contributed by atoms with Crippen molar-refractivity contribution in [2.75, 3.05) is 10.8 Å². The molecule has 2 atom stereocenters. The number of anilines is 1. The summed E-state index contributed by atoms with van der Waals surface area (Å²) >= 11 is 6.08. The molecule has 3 aromatic carbocycles. The zero-order valence-electron chi connectivity index (χ0n) is 23.7. The summed E-state index contributed by atoms with van der Waals surface area (Å²) in [6.07, 6.45) is 1.10. The van der Waals surface area contributed by atoms with Crippen LogP contribution in [0.3, 0.4) is 0 Å². The first-order valence-corrected chi connectivity index (χ1v) is 15.3. The molecular formula is C31H38ClN3O4S. The van der Waals surface area contributed by atoms with E-state index in [-0.39, 0.29) is 23.4 Å². The first-order chi connectivity index (χ1) is 19.0. The van der Waals surface area contributed by atoms with Crippen LogP contribution in [0, 0.1) is 13.8 Å². The van der Waals surface area contributed by atoms with Gasteiger partial charge in [-0.25, -0.2) is 8.42 Å². The maximum Gasteiger partial charge on any atom is 0.264 e. The number of hydrogen-bond acceptors (Lipinski definition) is 4. The van der Waals surface area contributed by atoms with Gasteiger partial charge in [0.1, 0.15) is 12.6 Å². The third-order valence-corrected chi connectivity index (χ3v) is 8.80. The van der Waals surface area contributed by atoms with Crippen LogP contribution >= 0.6 is 11.6 Å². The van der Waals surface area contributed by atoms with Gasteiger partial charge in [-0.2, -0.15) is 0 Å². The molecule has 0 unspecified atom stereocenters. The van der Waals surface area contributed by atoms with Gasteiger partial charge in [0.25, 0.3) is 10.0 Å². The lowest BCUT2D eigenvalue weighted by molar-refractivity contribution is -0.140. The molecule has 3 aromatic rings. The fourth-order valence-corrected chi connectivity index (χ4v) is 6.04. The second-order valence-corrected chi connectivity index (χ2v) is 12.4. The minimum Gasteiger partial charge on any atom is -0.352 e. The van der Waals surface area contributed by atoms with Crippen molar-refractivity contribution in [3.63, 3.8) is 0 Å². The van der Waals surface area contributed by atoms with E-state index in [1.165, 1.54) is 17.0 Å². The van der Waals surface area contributed by atoms with Gasteiger partial charge < -0.3 is 10.2 Å². The summed E-state index contributed by atoms with van der Waals surface area (Å²) in [5.41, 5.74) is 2.90. The molecule has 0 aliphatic rings. The van der Waals surface area contributed by atoms with Gasteiger partial charge in [0.15, 0.2) is 0 Å². The number of rotatable bonds is 12. The van der Waals surface area contributed by atoms with Crippen LogP contribution in [-0.4, -0.2) is 43.8 Å². The normalized spacial score (nSPS) is 12.8. The standard InChI is InChI=1S/C31H38ClN3O4S/c1-6-24(5)33-31(37)29(7-2)34(20-25-13-15-26(32)16-14-25)30(36)21-35(27-18-22(3)17-23(4)19-27)40(38,39)28-11-9-8-10-12-28/h8-19,24,29H,6-7,20-21H2,1-5H3,(H,33,37)/t24-,29-/m0/s1. The SMILES string of the molecule is CC[C@H](C)NC(=O)[C@H](CC)N(Cc1ccc(Cl)cc1)C(=O)CN(c1cc(C)cc(C)c1)S(=O)(=O)c1ccccc1. The third kappa shape index (κ3) is 7.86. The Morgan fingerprint density at radius 1 is 0.900 bits per heavy atom. The van der Waals surface area contributed by atoms with Crippen LogP contribution in [0.4, 0.5) is 5.69 Å². The van der Waals surface area contributed by atoms with Crippen molar-refractivity contribution in [2.45, 2.75) is 71.0 Å². The quantitative estimate of drug-likeness (QED) is 0.289. The number of nitrogens with zero attached hydrogens (tertiary/aromatic N) is 2. The van der Waals surface area contributed by atoms with Gasteiger partial charge in [0.05, 0.1) is 10.6 Å². The fraction of sp³-hybridized carbons (Fsp3) is 0.355. The van der Waals surface area contributed by atoms with E-state index in [4.69, 9.17) is 11.6 Å². The monoisotopic (exact) mass is 583 g/mol. The number of aryl methyl sites for hydroxylation is 2. The van der Waals surface area contributed by atoms with E-state index in [0.29, 0.717) is 17.1 Å². The summed E-state index contributed by atoms with van der Waals surface area (Å²) in [4.78, 5) is 29.0. The van der Waals surface area contributed by atoms with Crippen molar-refractivity contribution in [3.05, 3.63) is 94.5 Å². The molecule has 3 rings (SSSR count). The van der Waals surface area contributed by atoms with E-state index in [9.17, 15) is 18.0 Å². The Bertz CT molecular complexity index is 1390. The number of amides is 2. The molecule has 0 bridgehead atoms. The molecule has 0 aromatic heterocycles. The van der Waals surface area contributed by atoms with Crippen LogP contribution in [0.25, 0.3) is 0 Å². The molecule has 40 heavy (non-hydrogen) atoms. The molecule has 0 spiro atoms. The number of hydrogen-bond donors (Lipinski definition) is 1. The highest BCUT2D eigenvalue weighted by atomic mass is 35.5. The van der Waals surface area contributed by atoms with Crippen LogP contribution < -0.4 is 9.62 Å². The summed E-state index contributed by atoms with van der Waals surface area (Å²) in [6, 6.07) is 19.7. The first kappa shape index (κ1) is 31.2. The molecule has 0 fully saturated rings. The Balaban J connectivity index is 2.07. The summed E-state index contributed by atoms with van der Waals surface area (Å²) < 4.78 is 29.0. The van der Waals surface area contributed by atoms with Crippen LogP contribution in [0.5, 0.6) is 0 Å². The Kier molecular flexibility index (Phi) is 10.8. The van der Waals surface area contributed by atoms with Crippen molar-refractivity contribution in [2.24, 2.45) is 0 Å². The number of carbonyl (C=O) groups is 2. The smallest absolute Gasteiger partial charge is 0.264 e. The number of nitrogens with one attached hydrogen (secondary N) is 1. The Morgan fingerprint density at radius 2 is 1.50 bits per heavy atom. The fourth-order valence-electron chi connectivity index (χ4n) is 4.49. The van der Waals surface area contributed by atoms with E-state index in [0.717, 1.165) is 27.4 Å². The van der Waals surface area contributed by atoms with Crippen molar-refractivity contribution < 1.29 is 18.0 Å². The minimum atomic E-state index is -4.10. The van der Waals surface area contributed by atoms with Crippen LogP contribution in [0.15, 0.2) is 77.7 Å². The van der Waals surface area contributed by atoms with Gasteiger partial charge in [-0.1, -0.05) is 61.8 Å². The first-order valence-electron chi connectivity index (χ1n) is 13.5. The molecule has 0 aliphatic heterocycles. The molecule has 0 saturated carbocycles. The Hall–Kier alpha value is -3.36. The third-order valence-electron chi connectivity index (χ3n) is 6.76. The zero-order chi connectivity index (χ0) is 29.4. The molecule has 1 N–H and O–H groups in total. The predicted octanol–water partition coefficient (Wildman–Crippen LogP) is 5.87. The molecule has 2 amide bonds. The molecule has 7 nitrogen and oxygen atoms in total. The molecular weight excluding hydrogens is 546 g/mol. The average molecular weight is 584 g/mol. The Morgan fingerprint density at radius 3 is 2.05 bits per heavy atom.